The van der Waals surface area contributed by atoms with Crippen molar-refractivity contribution in [3.8, 4) is 22.6 Å². The highest BCUT2D eigenvalue weighted by Gasteiger charge is 2.36. The molecule has 6 nitrogen and oxygen atoms in total. The van der Waals surface area contributed by atoms with Crippen molar-refractivity contribution in [1.29, 1.82) is 0 Å². The summed E-state index contributed by atoms with van der Waals surface area (Å²) in [6.45, 7) is 0. The average molecular weight is 376 g/mol. The van der Waals surface area contributed by atoms with Crippen LogP contribution in [-0.2, 0) is 4.74 Å². The second-order valence-electron chi connectivity index (χ2n) is 6.46. The zero-order valence-corrected chi connectivity index (χ0v) is 15.6. The minimum atomic E-state index is -0.443. The van der Waals surface area contributed by atoms with Gasteiger partial charge >= 0.3 is 6.09 Å². The van der Waals surface area contributed by atoms with E-state index in [1.807, 2.05) is 54.6 Å². The Balaban J connectivity index is 1.69. The molecule has 0 saturated carbocycles. The maximum atomic E-state index is 12.0. The van der Waals surface area contributed by atoms with Crippen molar-refractivity contribution in [3.05, 3.63) is 78.1 Å². The molecule has 1 aliphatic heterocycles. The SMILES string of the molecule is COc1cncc(-c2cccc([C@H]3NC(=O)O[C@@H]3c3cccc(OC)c3)c2)c1. The summed E-state index contributed by atoms with van der Waals surface area (Å²) in [6.07, 6.45) is 2.56. The van der Waals surface area contributed by atoms with E-state index in [0.29, 0.717) is 5.75 Å². The molecule has 4 rings (SSSR count). The van der Waals surface area contributed by atoms with Gasteiger partial charge in [-0.25, -0.2) is 4.79 Å². The zero-order valence-electron chi connectivity index (χ0n) is 15.6. The van der Waals surface area contributed by atoms with Crippen LogP contribution in [0.5, 0.6) is 11.5 Å². The molecule has 2 atom stereocenters. The van der Waals surface area contributed by atoms with Crippen molar-refractivity contribution in [2.75, 3.05) is 14.2 Å². The second kappa shape index (κ2) is 7.60. The maximum Gasteiger partial charge on any atom is 0.408 e. The number of carbonyl (C=O) groups is 1. The Bertz CT molecular complexity index is 1010. The Hall–Kier alpha value is -3.54. The van der Waals surface area contributed by atoms with Crippen LogP contribution in [0.4, 0.5) is 4.79 Å². The summed E-state index contributed by atoms with van der Waals surface area (Å²) in [5, 5.41) is 2.92. The first-order valence-corrected chi connectivity index (χ1v) is 8.88. The van der Waals surface area contributed by atoms with Gasteiger partial charge in [0.15, 0.2) is 6.10 Å². The molecule has 0 unspecified atom stereocenters. The average Bonchev–Trinajstić information content (AvgIpc) is 3.15. The van der Waals surface area contributed by atoms with E-state index < -0.39 is 12.2 Å². The number of hydrogen-bond donors (Lipinski definition) is 1. The van der Waals surface area contributed by atoms with E-state index in [2.05, 4.69) is 10.3 Å². The monoisotopic (exact) mass is 376 g/mol. The summed E-state index contributed by atoms with van der Waals surface area (Å²) in [6, 6.07) is 17.1. The number of alkyl carbamates (subject to hydrolysis) is 1. The van der Waals surface area contributed by atoms with Gasteiger partial charge in [-0.15, -0.1) is 0 Å². The van der Waals surface area contributed by atoms with Crippen LogP contribution in [0, 0.1) is 0 Å². The first-order chi connectivity index (χ1) is 13.7. The van der Waals surface area contributed by atoms with E-state index in [0.717, 1.165) is 28.0 Å². The molecular formula is C22H20N2O4. The van der Waals surface area contributed by atoms with Gasteiger partial charge < -0.3 is 19.5 Å². The molecule has 0 radical (unpaired) electrons. The largest absolute Gasteiger partial charge is 0.497 e. The van der Waals surface area contributed by atoms with Crippen LogP contribution >= 0.6 is 0 Å². The molecule has 0 spiro atoms. The van der Waals surface area contributed by atoms with Crippen LogP contribution in [-0.4, -0.2) is 25.3 Å². The van der Waals surface area contributed by atoms with E-state index in [1.165, 1.54) is 0 Å². The smallest absolute Gasteiger partial charge is 0.408 e. The number of hydrogen-bond acceptors (Lipinski definition) is 5. The summed E-state index contributed by atoms with van der Waals surface area (Å²) in [5.74, 6) is 1.41. The Labute approximate surface area is 163 Å². The molecule has 28 heavy (non-hydrogen) atoms. The number of benzene rings is 2. The molecule has 0 aliphatic carbocycles. The van der Waals surface area contributed by atoms with E-state index in [1.54, 1.807) is 26.6 Å². The fraction of sp³-hybridized carbons (Fsp3) is 0.182. The molecule has 1 amide bonds. The highest BCUT2D eigenvalue weighted by atomic mass is 16.6. The molecule has 3 aromatic rings. The van der Waals surface area contributed by atoms with Crippen molar-refractivity contribution in [3.63, 3.8) is 0 Å². The number of pyridine rings is 1. The highest BCUT2D eigenvalue weighted by molar-refractivity contribution is 5.72. The first kappa shape index (κ1) is 17.9. The third-order valence-corrected chi connectivity index (χ3v) is 4.76. The van der Waals surface area contributed by atoms with E-state index in [4.69, 9.17) is 14.2 Å². The standard InChI is InChI=1S/C22H20N2O4/c1-26-18-8-4-7-16(10-18)21-20(24-22(25)28-21)15-6-3-5-14(9-15)17-11-19(27-2)13-23-12-17/h3-13,20-21H,1-2H3,(H,24,25)/t20-,21-/m1/s1. The minimum Gasteiger partial charge on any atom is -0.497 e. The number of cyclic esters (lactones) is 1. The summed E-state index contributed by atoms with van der Waals surface area (Å²) in [5.41, 5.74) is 3.73. The number of aromatic nitrogens is 1. The van der Waals surface area contributed by atoms with Crippen LogP contribution in [0.3, 0.4) is 0 Å². The number of nitrogens with one attached hydrogen (secondary N) is 1. The number of carbonyl (C=O) groups excluding carboxylic acids is 1. The molecule has 1 aliphatic rings. The summed E-state index contributed by atoms with van der Waals surface area (Å²) in [7, 11) is 3.22. The summed E-state index contributed by atoms with van der Waals surface area (Å²) in [4.78, 5) is 16.2. The van der Waals surface area contributed by atoms with Crippen LogP contribution in [0.2, 0.25) is 0 Å². The minimum absolute atomic E-state index is 0.307. The van der Waals surface area contributed by atoms with Gasteiger partial charge in [0, 0.05) is 11.8 Å². The Morgan fingerprint density at radius 1 is 0.893 bits per heavy atom. The molecule has 2 aromatic carbocycles. The molecule has 1 N–H and O–H groups in total. The van der Waals surface area contributed by atoms with Gasteiger partial charge in [-0.3, -0.25) is 4.98 Å². The number of ether oxygens (including phenoxy) is 3. The molecular weight excluding hydrogens is 356 g/mol. The predicted molar refractivity (Wildman–Crippen MR) is 104 cm³/mol. The van der Waals surface area contributed by atoms with Crippen LogP contribution in [0.1, 0.15) is 23.3 Å². The number of rotatable bonds is 5. The van der Waals surface area contributed by atoms with E-state index in [9.17, 15) is 4.79 Å². The van der Waals surface area contributed by atoms with Crippen molar-refractivity contribution >= 4 is 6.09 Å². The molecule has 1 fully saturated rings. The van der Waals surface area contributed by atoms with Crippen molar-refractivity contribution in [1.82, 2.24) is 10.3 Å². The van der Waals surface area contributed by atoms with Gasteiger partial charge in [0.1, 0.15) is 11.5 Å². The van der Waals surface area contributed by atoms with Gasteiger partial charge in [-0.05, 0) is 41.0 Å². The highest BCUT2D eigenvalue weighted by Crippen LogP contribution is 2.38. The van der Waals surface area contributed by atoms with Crippen molar-refractivity contribution < 1.29 is 19.0 Å². The number of amides is 1. The molecule has 1 aromatic heterocycles. The van der Waals surface area contributed by atoms with E-state index >= 15 is 0 Å². The van der Waals surface area contributed by atoms with Crippen LogP contribution < -0.4 is 14.8 Å². The molecule has 2 heterocycles. The third kappa shape index (κ3) is 3.49. The lowest BCUT2D eigenvalue weighted by Gasteiger charge is -2.19. The van der Waals surface area contributed by atoms with E-state index in [-0.39, 0.29) is 6.04 Å². The number of nitrogens with zero attached hydrogens (tertiary/aromatic N) is 1. The Morgan fingerprint density at radius 2 is 1.68 bits per heavy atom. The van der Waals surface area contributed by atoms with Gasteiger partial charge in [0.05, 0.1) is 26.5 Å². The first-order valence-electron chi connectivity index (χ1n) is 8.88. The van der Waals surface area contributed by atoms with Gasteiger partial charge in [-0.1, -0.05) is 30.3 Å². The maximum absolute atomic E-state index is 12.0. The third-order valence-electron chi connectivity index (χ3n) is 4.76. The second-order valence-corrected chi connectivity index (χ2v) is 6.46. The molecule has 0 bridgehead atoms. The van der Waals surface area contributed by atoms with Crippen molar-refractivity contribution in [2.45, 2.75) is 12.1 Å². The Morgan fingerprint density at radius 3 is 2.50 bits per heavy atom. The molecule has 1 saturated heterocycles. The van der Waals surface area contributed by atoms with Crippen LogP contribution in [0.15, 0.2) is 67.0 Å². The summed E-state index contributed by atoms with van der Waals surface area (Å²) < 4.78 is 16.1. The van der Waals surface area contributed by atoms with Gasteiger partial charge in [0.2, 0.25) is 0 Å². The zero-order chi connectivity index (χ0) is 19.5. The number of methoxy groups -OCH3 is 2. The predicted octanol–water partition coefficient (Wildman–Crippen LogP) is 4.29. The van der Waals surface area contributed by atoms with Crippen molar-refractivity contribution in [2.24, 2.45) is 0 Å². The van der Waals surface area contributed by atoms with Gasteiger partial charge in [0.25, 0.3) is 0 Å². The molecule has 6 heteroatoms. The Kier molecular flexibility index (Phi) is 4.85. The fourth-order valence-electron chi connectivity index (χ4n) is 3.36. The normalized spacial score (nSPS) is 18.3. The lowest BCUT2D eigenvalue weighted by Crippen LogP contribution is -2.19. The quantitative estimate of drug-likeness (QED) is 0.719. The lowest BCUT2D eigenvalue weighted by molar-refractivity contribution is 0.132. The fourth-order valence-corrected chi connectivity index (χ4v) is 3.36. The lowest BCUT2D eigenvalue weighted by atomic mass is 9.94. The van der Waals surface area contributed by atoms with Gasteiger partial charge in [-0.2, -0.15) is 0 Å². The molecule has 142 valence electrons. The topological polar surface area (TPSA) is 69.7 Å². The van der Waals surface area contributed by atoms with Crippen LogP contribution in [0.25, 0.3) is 11.1 Å². The summed E-state index contributed by atoms with van der Waals surface area (Å²) >= 11 is 0.